The molecular formula is C11H16N2O5S. The van der Waals surface area contributed by atoms with Crippen LogP contribution in [-0.2, 0) is 10.2 Å². The Bertz CT molecular complexity index is 568. The van der Waals surface area contributed by atoms with E-state index in [9.17, 15) is 13.2 Å². The topological polar surface area (TPSA) is 105 Å². The Balaban J connectivity index is 3.14. The fourth-order valence-corrected chi connectivity index (χ4v) is 2.54. The maximum atomic E-state index is 11.7. The first-order chi connectivity index (χ1) is 8.75. The first kappa shape index (κ1) is 15.3. The van der Waals surface area contributed by atoms with Crippen molar-refractivity contribution in [2.45, 2.75) is 19.9 Å². The van der Waals surface area contributed by atoms with Crippen LogP contribution in [0.25, 0.3) is 0 Å². The number of carboxylic acid groups (broad SMARTS) is 1. The molecule has 0 fully saturated rings. The average Bonchev–Trinajstić information content (AvgIpc) is 2.25. The van der Waals surface area contributed by atoms with Crippen LogP contribution in [0.3, 0.4) is 0 Å². The summed E-state index contributed by atoms with van der Waals surface area (Å²) in [6.07, 6.45) is 0. The predicted molar refractivity (Wildman–Crippen MR) is 70.8 cm³/mol. The van der Waals surface area contributed by atoms with Gasteiger partial charge in [0.05, 0.1) is 18.4 Å². The molecule has 1 aromatic carbocycles. The summed E-state index contributed by atoms with van der Waals surface area (Å²) in [5, 5.41) is 9.01. The first-order valence-electron chi connectivity index (χ1n) is 5.46. The van der Waals surface area contributed by atoms with Crippen molar-refractivity contribution in [3.8, 4) is 5.75 Å². The number of rotatable bonds is 6. The molecule has 0 heterocycles. The van der Waals surface area contributed by atoms with Gasteiger partial charge in [-0.05, 0) is 26.0 Å². The van der Waals surface area contributed by atoms with Gasteiger partial charge in [0.2, 0.25) is 0 Å². The molecule has 0 aliphatic rings. The quantitative estimate of drug-likeness (QED) is 0.725. The molecule has 0 bridgehead atoms. The lowest BCUT2D eigenvalue weighted by atomic mass is 10.2. The third-order valence-corrected chi connectivity index (χ3v) is 3.36. The molecule has 0 aliphatic heterocycles. The van der Waals surface area contributed by atoms with E-state index in [1.807, 2.05) is 0 Å². The van der Waals surface area contributed by atoms with Crippen LogP contribution in [0, 0.1) is 0 Å². The second-order valence-electron chi connectivity index (χ2n) is 4.09. The van der Waals surface area contributed by atoms with E-state index in [4.69, 9.17) is 9.84 Å². The summed E-state index contributed by atoms with van der Waals surface area (Å²) in [7, 11) is -2.43. The van der Waals surface area contributed by atoms with Gasteiger partial charge in [0.25, 0.3) is 10.2 Å². The van der Waals surface area contributed by atoms with Gasteiger partial charge in [0.15, 0.2) is 0 Å². The number of carboxylic acids is 1. The van der Waals surface area contributed by atoms with Gasteiger partial charge in [-0.1, -0.05) is 0 Å². The average molecular weight is 288 g/mol. The van der Waals surface area contributed by atoms with Crippen molar-refractivity contribution < 1.29 is 23.1 Å². The third-order valence-electron chi connectivity index (χ3n) is 2.09. The Kier molecular flexibility index (Phi) is 4.73. The summed E-state index contributed by atoms with van der Waals surface area (Å²) < 4.78 is 32.9. The summed E-state index contributed by atoms with van der Waals surface area (Å²) in [4.78, 5) is 11.0. The maximum absolute atomic E-state index is 11.7. The van der Waals surface area contributed by atoms with Crippen LogP contribution in [0.15, 0.2) is 18.2 Å². The molecule has 0 aromatic heterocycles. The Hall–Kier alpha value is -1.80. The highest BCUT2D eigenvalue weighted by molar-refractivity contribution is 7.90. The molecule has 106 valence electrons. The summed E-state index contributed by atoms with van der Waals surface area (Å²) in [5.41, 5.74) is -0.213. The molecule has 7 nitrogen and oxygen atoms in total. The minimum atomic E-state index is -3.83. The van der Waals surface area contributed by atoms with Crippen molar-refractivity contribution in [2.75, 3.05) is 11.8 Å². The largest absolute Gasteiger partial charge is 0.497 e. The molecule has 8 heteroatoms. The van der Waals surface area contributed by atoms with Gasteiger partial charge in [-0.2, -0.15) is 13.1 Å². The standard InChI is InChI=1S/C11H16N2O5S/c1-7(2)12-19(16,17)13-10-6-8(18-3)4-5-9(10)11(14)15/h4-7,12-13H,1-3H3,(H,14,15). The highest BCUT2D eigenvalue weighted by Crippen LogP contribution is 2.23. The van der Waals surface area contributed by atoms with Crippen LogP contribution in [0.1, 0.15) is 24.2 Å². The van der Waals surface area contributed by atoms with Crippen molar-refractivity contribution in [2.24, 2.45) is 0 Å². The monoisotopic (exact) mass is 288 g/mol. The van der Waals surface area contributed by atoms with Crippen molar-refractivity contribution in [1.29, 1.82) is 0 Å². The fourth-order valence-electron chi connectivity index (χ4n) is 1.41. The molecule has 0 aliphatic carbocycles. The number of benzene rings is 1. The van der Waals surface area contributed by atoms with Crippen molar-refractivity contribution in [3.05, 3.63) is 23.8 Å². The fraction of sp³-hybridized carbons (Fsp3) is 0.364. The molecule has 3 N–H and O–H groups in total. The molecule has 0 atom stereocenters. The molecule has 19 heavy (non-hydrogen) atoms. The molecule has 0 saturated heterocycles. The third kappa shape index (κ3) is 4.42. The van der Waals surface area contributed by atoms with E-state index in [-0.39, 0.29) is 17.3 Å². The summed E-state index contributed by atoms with van der Waals surface area (Å²) in [5.74, 6) is -0.878. The van der Waals surface area contributed by atoms with E-state index in [1.54, 1.807) is 13.8 Å². The van der Waals surface area contributed by atoms with E-state index in [1.165, 1.54) is 25.3 Å². The molecule has 1 rings (SSSR count). The normalized spacial score (nSPS) is 11.4. The number of aromatic carboxylic acids is 1. The zero-order valence-corrected chi connectivity index (χ0v) is 11.6. The summed E-state index contributed by atoms with van der Waals surface area (Å²) >= 11 is 0. The van der Waals surface area contributed by atoms with Gasteiger partial charge >= 0.3 is 5.97 Å². The molecular weight excluding hydrogens is 272 g/mol. The number of hydrogen-bond acceptors (Lipinski definition) is 4. The zero-order valence-electron chi connectivity index (χ0n) is 10.8. The number of hydrogen-bond donors (Lipinski definition) is 3. The van der Waals surface area contributed by atoms with Gasteiger partial charge < -0.3 is 9.84 Å². The lowest BCUT2D eigenvalue weighted by Crippen LogP contribution is -2.35. The van der Waals surface area contributed by atoms with Crippen LogP contribution in [0.5, 0.6) is 5.75 Å². The van der Waals surface area contributed by atoms with Crippen LogP contribution >= 0.6 is 0 Å². The van der Waals surface area contributed by atoms with E-state index >= 15 is 0 Å². The van der Waals surface area contributed by atoms with Crippen LogP contribution < -0.4 is 14.2 Å². The van der Waals surface area contributed by atoms with Gasteiger partial charge in [-0.3, -0.25) is 4.72 Å². The number of carbonyl (C=O) groups is 1. The molecule has 1 aromatic rings. The maximum Gasteiger partial charge on any atom is 0.337 e. The van der Waals surface area contributed by atoms with E-state index in [2.05, 4.69) is 9.44 Å². The van der Waals surface area contributed by atoms with Gasteiger partial charge in [-0.15, -0.1) is 0 Å². The van der Waals surface area contributed by atoms with Crippen LogP contribution in [-0.4, -0.2) is 32.6 Å². The highest BCUT2D eigenvalue weighted by Gasteiger charge is 2.17. The van der Waals surface area contributed by atoms with Crippen molar-refractivity contribution in [3.63, 3.8) is 0 Å². The van der Waals surface area contributed by atoms with E-state index in [0.717, 1.165) is 0 Å². The molecule has 0 spiro atoms. The number of nitrogens with one attached hydrogen (secondary N) is 2. The second-order valence-corrected chi connectivity index (χ2v) is 5.54. The smallest absolute Gasteiger partial charge is 0.337 e. The number of anilines is 1. The minimum absolute atomic E-state index is 0.0556. The Morgan fingerprint density at radius 3 is 2.47 bits per heavy atom. The van der Waals surface area contributed by atoms with E-state index in [0.29, 0.717) is 5.75 Å². The minimum Gasteiger partial charge on any atom is -0.497 e. The molecule has 0 saturated carbocycles. The number of ether oxygens (including phenoxy) is 1. The van der Waals surface area contributed by atoms with Crippen LogP contribution in [0.2, 0.25) is 0 Å². The van der Waals surface area contributed by atoms with Crippen molar-refractivity contribution >= 4 is 21.9 Å². The molecule has 0 unspecified atom stereocenters. The summed E-state index contributed by atoms with van der Waals surface area (Å²) in [6.45, 7) is 3.31. The Labute approximate surface area is 111 Å². The Morgan fingerprint density at radius 2 is 2.00 bits per heavy atom. The first-order valence-corrected chi connectivity index (χ1v) is 6.95. The SMILES string of the molecule is COc1ccc(C(=O)O)c(NS(=O)(=O)NC(C)C)c1. The lowest BCUT2D eigenvalue weighted by Gasteiger charge is -2.14. The second kappa shape index (κ2) is 5.89. The lowest BCUT2D eigenvalue weighted by molar-refractivity contribution is 0.0698. The summed E-state index contributed by atoms with van der Waals surface area (Å²) in [6, 6.07) is 3.71. The zero-order chi connectivity index (χ0) is 14.6. The predicted octanol–water partition coefficient (Wildman–Crippen LogP) is 1.05. The number of methoxy groups -OCH3 is 1. The van der Waals surface area contributed by atoms with Crippen molar-refractivity contribution in [1.82, 2.24) is 4.72 Å². The van der Waals surface area contributed by atoms with Gasteiger partial charge in [0, 0.05) is 12.1 Å². The molecule has 0 amide bonds. The van der Waals surface area contributed by atoms with Gasteiger partial charge in [0.1, 0.15) is 5.75 Å². The Morgan fingerprint density at radius 1 is 1.37 bits per heavy atom. The molecule has 0 radical (unpaired) electrons. The van der Waals surface area contributed by atoms with Crippen LogP contribution in [0.4, 0.5) is 5.69 Å². The van der Waals surface area contributed by atoms with E-state index < -0.39 is 16.2 Å². The van der Waals surface area contributed by atoms with Gasteiger partial charge in [-0.25, -0.2) is 4.79 Å². The highest BCUT2D eigenvalue weighted by atomic mass is 32.2.